The zero-order chi connectivity index (χ0) is 28.4. The molecule has 3 heteroatoms. The number of rotatable bonds is 11. The minimum Gasteiger partial charge on any atom is -0.356 e. The van der Waals surface area contributed by atoms with Crippen molar-refractivity contribution in [3.8, 4) is 0 Å². The molecule has 3 nitrogen and oxygen atoms in total. The number of amides is 1. The van der Waals surface area contributed by atoms with Crippen molar-refractivity contribution in [2.45, 2.75) is 111 Å². The number of benzene rings is 1. The number of quaternary nitrogens is 1. The van der Waals surface area contributed by atoms with Gasteiger partial charge in [-0.15, -0.1) is 0 Å². The molecule has 0 bridgehead atoms. The van der Waals surface area contributed by atoms with Gasteiger partial charge in [-0.25, -0.2) is 0 Å². The van der Waals surface area contributed by atoms with E-state index in [4.69, 9.17) is 0 Å². The minimum atomic E-state index is 0.272. The Hall–Kier alpha value is -1.35. The van der Waals surface area contributed by atoms with Gasteiger partial charge in [-0.3, -0.25) is 4.79 Å². The molecule has 4 aliphatic rings. The Morgan fingerprint density at radius 3 is 2.50 bits per heavy atom. The molecule has 0 aliphatic heterocycles. The van der Waals surface area contributed by atoms with Gasteiger partial charge in [0.25, 0.3) is 0 Å². The van der Waals surface area contributed by atoms with Crippen molar-refractivity contribution >= 4 is 5.91 Å². The predicted molar refractivity (Wildman–Crippen MR) is 168 cm³/mol. The van der Waals surface area contributed by atoms with Gasteiger partial charge in [0.05, 0.1) is 27.2 Å². The molecule has 4 fully saturated rings. The van der Waals surface area contributed by atoms with E-state index >= 15 is 0 Å². The Balaban J connectivity index is 1.04. The SMILES string of the molecule is C[C@H](CCC(=O)NCCC[N+](C)(C)CCc1ccccc1)[C@H]1CCC2C3CCC4CCCC[C@]4(C)C3CC[C@@]21C. The van der Waals surface area contributed by atoms with Crippen molar-refractivity contribution in [1.82, 2.24) is 5.32 Å². The van der Waals surface area contributed by atoms with Crippen LogP contribution in [0, 0.1) is 46.3 Å². The summed E-state index contributed by atoms with van der Waals surface area (Å²) in [6.07, 6.45) is 18.7. The van der Waals surface area contributed by atoms with Gasteiger partial charge < -0.3 is 9.80 Å². The maximum atomic E-state index is 12.8. The van der Waals surface area contributed by atoms with E-state index in [0.29, 0.717) is 23.2 Å². The lowest BCUT2D eigenvalue weighted by molar-refractivity contribution is -0.890. The van der Waals surface area contributed by atoms with Crippen LogP contribution in [-0.2, 0) is 11.2 Å². The maximum absolute atomic E-state index is 12.8. The molecule has 0 aromatic heterocycles. The first kappa shape index (κ1) is 30.1. The molecule has 0 spiro atoms. The summed E-state index contributed by atoms with van der Waals surface area (Å²) in [7, 11) is 4.63. The van der Waals surface area contributed by atoms with Crippen molar-refractivity contribution in [3.63, 3.8) is 0 Å². The normalized spacial score (nSPS) is 36.3. The molecule has 4 saturated carbocycles. The highest BCUT2D eigenvalue weighted by molar-refractivity contribution is 5.75. The summed E-state index contributed by atoms with van der Waals surface area (Å²) in [6.45, 7) is 10.9. The molecule has 0 saturated heterocycles. The van der Waals surface area contributed by atoms with Gasteiger partial charge in [-0.05, 0) is 110 Å². The number of carbonyl (C=O) groups is 1. The molecule has 4 unspecified atom stereocenters. The van der Waals surface area contributed by atoms with Gasteiger partial charge in [0.1, 0.15) is 0 Å². The molecule has 1 N–H and O–H groups in total. The van der Waals surface area contributed by atoms with Crippen molar-refractivity contribution in [3.05, 3.63) is 35.9 Å². The number of fused-ring (bicyclic) bond motifs is 5. The van der Waals surface area contributed by atoms with Crippen molar-refractivity contribution in [1.29, 1.82) is 0 Å². The second-order valence-electron chi connectivity index (χ2n) is 16.0. The molecule has 1 aromatic carbocycles. The monoisotopic (exact) mass is 549 g/mol. The van der Waals surface area contributed by atoms with E-state index in [0.717, 1.165) is 73.0 Å². The smallest absolute Gasteiger partial charge is 0.220 e. The fraction of sp³-hybridized carbons (Fsp3) is 0.811. The highest BCUT2D eigenvalue weighted by Gasteiger charge is 2.60. The van der Waals surface area contributed by atoms with Crippen molar-refractivity contribution < 1.29 is 9.28 Å². The molecule has 0 radical (unpaired) electrons. The predicted octanol–water partition coefficient (Wildman–Crippen LogP) is 8.28. The first-order valence-corrected chi connectivity index (χ1v) is 17.2. The lowest BCUT2D eigenvalue weighted by atomic mass is 9.44. The molecule has 224 valence electrons. The second-order valence-corrected chi connectivity index (χ2v) is 16.0. The Kier molecular flexibility index (Phi) is 9.40. The molecule has 0 heterocycles. The van der Waals surface area contributed by atoms with Gasteiger partial charge in [0, 0.05) is 25.8 Å². The first-order chi connectivity index (χ1) is 19.1. The Morgan fingerprint density at radius 2 is 1.70 bits per heavy atom. The average molecular weight is 550 g/mol. The Labute approximate surface area is 246 Å². The summed E-state index contributed by atoms with van der Waals surface area (Å²) in [6, 6.07) is 10.8. The summed E-state index contributed by atoms with van der Waals surface area (Å²) >= 11 is 0. The molecule has 8 atom stereocenters. The van der Waals surface area contributed by atoms with Crippen LogP contribution in [0.15, 0.2) is 30.3 Å². The molecule has 5 rings (SSSR count). The van der Waals surface area contributed by atoms with E-state index in [1.807, 2.05) is 0 Å². The van der Waals surface area contributed by atoms with Crippen LogP contribution >= 0.6 is 0 Å². The van der Waals surface area contributed by atoms with Gasteiger partial charge >= 0.3 is 0 Å². The molecule has 1 aromatic rings. The van der Waals surface area contributed by atoms with Crippen LogP contribution in [0.5, 0.6) is 0 Å². The van der Waals surface area contributed by atoms with Gasteiger partial charge in [0.15, 0.2) is 0 Å². The Morgan fingerprint density at radius 1 is 0.925 bits per heavy atom. The quantitative estimate of drug-likeness (QED) is 0.218. The van der Waals surface area contributed by atoms with Crippen LogP contribution in [0.3, 0.4) is 0 Å². The fourth-order valence-electron chi connectivity index (χ4n) is 10.8. The van der Waals surface area contributed by atoms with Crippen LogP contribution < -0.4 is 5.32 Å². The van der Waals surface area contributed by atoms with Gasteiger partial charge in [-0.1, -0.05) is 63.9 Å². The topological polar surface area (TPSA) is 29.1 Å². The third-order valence-electron chi connectivity index (χ3n) is 13.3. The summed E-state index contributed by atoms with van der Waals surface area (Å²) in [5.41, 5.74) is 2.57. The van der Waals surface area contributed by atoms with E-state index in [1.165, 1.54) is 69.8 Å². The number of carbonyl (C=O) groups excluding carboxylic acids is 1. The number of nitrogens with zero attached hydrogens (tertiary/aromatic N) is 1. The third-order valence-corrected chi connectivity index (χ3v) is 13.3. The second kappa shape index (κ2) is 12.5. The maximum Gasteiger partial charge on any atom is 0.220 e. The fourth-order valence-corrected chi connectivity index (χ4v) is 10.8. The number of likely N-dealkylation sites (N-methyl/N-ethyl adjacent to an activating group) is 1. The summed E-state index contributed by atoms with van der Waals surface area (Å²) in [5.74, 6) is 5.67. The highest BCUT2D eigenvalue weighted by atomic mass is 16.1. The lowest BCUT2D eigenvalue weighted by Crippen LogP contribution is -2.53. The van der Waals surface area contributed by atoms with Crippen LogP contribution in [0.4, 0.5) is 0 Å². The zero-order valence-corrected chi connectivity index (χ0v) is 26.7. The van der Waals surface area contributed by atoms with E-state index in [-0.39, 0.29) is 5.91 Å². The molecule has 40 heavy (non-hydrogen) atoms. The minimum absolute atomic E-state index is 0.272. The van der Waals surface area contributed by atoms with E-state index in [1.54, 1.807) is 0 Å². The van der Waals surface area contributed by atoms with E-state index in [2.05, 4.69) is 70.5 Å². The standard InChI is InChI=1S/C37H60N2O/c1-28(15-20-35(40)38-25-11-26-39(4,5)27-22-29-12-7-6-8-13-29)32-18-19-33-31-17-16-30-14-9-10-23-36(30,2)34(31)21-24-37(32,33)3/h6-8,12-13,28,30-34H,9-11,14-27H2,1-5H3/p+1/t28-,30?,31?,32-,33?,34?,36+,37-/m1/s1. The number of nitrogens with one attached hydrogen (secondary N) is 1. The van der Waals surface area contributed by atoms with Crippen LogP contribution in [0.1, 0.15) is 110 Å². The third kappa shape index (κ3) is 6.35. The van der Waals surface area contributed by atoms with Gasteiger partial charge in [-0.2, -0.15) is 0 Å². The lowest BCUT2D eigenvalue weighted by Gasteiger charge is -2.61. The Bertz CT molecular complexity index is 974. The summed E-state index contributed by atoms with van der Waals surface area (Å²) in [4.78, 5) is 12.8. The van der Waals surface area contributed by atoms with Gasteiger partial charge in [0.2, 0.25) is 5.91 Å². The van der Waals surface area contributed by atoms with Crippen LogP contribution in [0.25, 0.3) is 0 Å². The average Bonchev–Trinajstić information content (AvgIpc) is 3.30. The van der Waals surface area contributed by atoms with E-state index < -0.39 is 0 Å². The van der Waals surface area contributed by atoms with E-state index in [9.17, 15) is 4.79 Å². The number of hydrogen-bond donors (Lipinski definition) is 1. The molecular formula is C37H61N2O+. The molecular weight excluding hydrogens is 488 g/mol. The highest BCUT2D eigenvalue weighted by Crippen LogP contribution is 2.68. The number of hydrogen-bond acceptors (Lipinski definition) is 1. The molecule has 4 aliphatic carbocycles. The van der Waals surface area contributed by atoms with Crippen molar-refractivity contribution in [2.24, 2.45) is 46.3 Å². The zero-order valence-electron chi connectivity index (χ0n) is 26.7. The first-order valence-electron chi connectivity index (χ1n) is 17.2. The largest absolute Gasteiger partial charge is 0.356 e. The van der Waals surface area contributed by atoms with Crippen LogP contribution in [-0.4, -0.2) is 44.1 Å². The molecule has 1 amide bonds. The van der Waals surface area contributed by atoms with Crippen LogP contribution in [0.2, 0.25) is 0 Å². The van der Waals surface area contributed by atoms with Crippen molar-refractivity contribution in [2.75, 3.05) is 33.7 Å². The summed E-state index contributed by atoms with van der Waals surface area (Å²) in [5, 5.41) is 3.26. The summed E-state index contributed by atoms with van der Waals surface area (Å²) < 4.78 is 1.00.